The summed E-state index contributed by atoms with van der Waals surface area (Å²) >= 11 is 0. The molecule has 2 fully saturated rings. The largest absolute Gasteiger partial charge is 0.330 e. The van der Waals surface area contributed by atoms with Gasteiger partial charge >= 0.3 is 0 Å². The molecule has 3 aromatic rings. The van der Waals surface area contributed by atoms with Crippen molar-refractivity contribution in [3.63, 3.8) is 0 Å². The van der Waals surface area contributed by atoms with E-state index >= 15 is 0 Å². The van der Waals surface area contributed by atoms with Gasteiger partial charge in [0, 0.05) is 12.7 Å². The summed E-state index contributed by atoms with van der Waals surface area (Å²) in [5.41, 5.74) is 3.46. The van der Waals surface area contributed by atoms with E-state index in [2.05, 4.69) is 24.9 Å². The number of amides is 1. The zero-order chi connectivity index (χ0) is 26.9. The van der Waals surface area contributed by atoms with E-state index in [1.807, 2.05) is 48.5 Å². The first-order valence-corrected chi connectivity index (χ1v) is 14.7. The number of hydrogen-bond donors (Lipinski definition) is 0. The molecular weight excluding hydrogens is 498 g/mol. The maximum absolute atomic E-state index is 14.1. The van der Waals surface area contributed by atoms with Gasteiger partial charge < -0.3 is 4.90 Å². The van der Waals surface area contributed by atoms with Crippen LogP contribution in [0.3, 0.4) is 0 Å². The number of sulfonamides is 1. The Balaban J connectivity index is 1.40. The molecule has 2 aromatic carbocycles. The Morgan fingerprint density at radius 3 is 2.45 bits per heavy atom. The average molecular weight is 532 g/mol. The molecule has 5 rings (SSSR count). The Bertz CT molecular complexity index is 1410. The summed E-state index contributed by atoms with van der Waals surface area (Å²) in [6.07, 6.45) is 2.64. The number of Topliss-reactive ketones (excluding diaryl/α,β-unsaturated/α-hetero) is 1. The molecule has 38 heavy (non-hydrogen) atoms. The summed E-state index contributed by atoms with van der Waals surface area (Å²) < 4.78 is 27.8. The molecular formula is C30H33N3O4S. The molecule has 0 aliphatic carbocycles. The van der Waals surface area contributed by atoms with Gasteiger partial charge in [-0.1, -0.05) is 74.5 Å². The van der Waals surface area contributed by atoms with Gasteiger partial charge in [-0.3, -0.25) is 14.6 Å². The highest BCUT2D eigenvalue weighted by Crippen LogP contribution is 2.37. The van der Waals surface area contributed by atoms with Crippen molar-refractivity contribution in [2.45, 2.75) is 50.4 Å². The lowest BCUT2D eigenvalue weighted by Crippen LogP contribution is -2.45. The normalized spacial score (nSPS) is 20.6. The minimum absolute atomic E-state index is 0.103. The molecule has 3 atom stereocenters. The third-order valence-corrected chi connectivity index (χ3v) is 9.25. The number of nitrogens with zero attached hydrogens (tertiary/aromatic N) is 3. The topological polar surface area (TPSA) is 87.7 Å². The summed E-state index contributed by atoms with van der Waals surface area (Å²) in [7, 11) is -3.76. The number of pyridine rings is 1. The van der Waals surface area contributed by atoms with Crippen molar-refractivity contribution in [3.8, 4) is 11.1 Å². The number of carbonyl (C=O) groups excluding carboxylic acids is 2. The van der Waals surface area contributed by atoms with Gasteiger partial charge in [-0.2, -0.15) is 4.31 Å². The van der Waals surface area contributed by atoms with E-state index in [0.29, 0.717) is 25.1 Å². The second-order valence-corrected chi connectivity index (χ2v) is 12.5. The van der Waals surface area contributed by atoms with Gasteiger partial charge in [-0.15, -0.1) is 0 Å². The maximum Gasteiger partial charge on any atom is 0.230 e. The Labute approximate surface area is 224 Å². The predicted molar refractivity (Wildman–Crippen MR) is 147 cm³/mol. The van der Waals surface area contributed by atoms with Gasteiger partial charge in [0.1, 0.15) is 11.8 Å². The highest BCUT2D eigenvalue weighted by atomic mass is 32.2. The lowest BCUT2D eigenvalue weighted by atomic mass is 9.87. The first kappa shape index (κ1) is 26.3. The number of carbonyl (C=O) groups is 2. The zero-order valence-electron chi connectivity index (χ0n) is 21.7. The van der Waals surface area contributed by atoms with Crippen LogP contribution in [-0.2, 0) is 25.4 Å². The Hall–Kier alpha value is -3.36. The van der Waals surface area contributed by atoms with Crippen LogP contribution in [0.1, 0.15) is 43.9 Å². The number of likely N-dealkylation sites (tertiary alicyclic amines) is 1. The SMILES string of the molecule is CC(C)CC(C(=O)N1CCC2C1C(=O)CN2S(=O)(=O)Cc1ccccn1)c1cccc(-c2ccccc2)c1. The van der Waals surface area contributed by atoms with Gasteiger partial charge in [-0.05, 0) is 47.6 Å². The van der Waals surface area contributed by atoms with E-state index in [9.17, 15) is 18.0 Å². The molecule has 7 nitrogen and oxygen atoms in total. The maximum atomic E-state index is 14.1. The average Bonchev–Trinajstić information content (AvgIpc) is 3.49. The first-order valence-electron chi connectivity index (χ1n) is 13.1. The van der Waals surface area contributed by atoms with E-state index < -0.39 is 28.0 Å². The van der Waals surface area contributed by atoms with Crippen LogP contribution in [0.4, 0.5) is 0 Å². The van der Waals surface area contributed by atoms with Crippen LogP contribution in [0.25, 0.3) is 11.1 Å². The lowest BCUT2D eigenvalue weighted by molar-refractivity contribution is -0.138. The Morgan fingerprint density at radius 1 is 1.00 bits per heavy atom. The highest BCUT2D eigenvalue weighted by Gasteiger charge is 2.54. The van der Waals surface area contributed by atoms with Crippen molar-refractivity contribution in [1.82, 2.24) is 14.2 Å². The lowest BCUT2D eigenvalue weighted by Gasteiger charge is -2.29. The Morgan fingerprint density at radius 2 is 1.74 bits per heavy atom. The van der Waals surface area contributed by atoms with Crippen LogP contribution in [0.5, 0.6) is 0 Å². The number of hydrogen-bond acceptors (Lipinski definition) is 5. The standard InChI is InChI=1S/C30H33N3O4S/c1-21(2)17-26(24-12-8-11-23(18-24)22-9-4-3-5-10-22)30(35)32-16-14-27-29(32)28(34)19-33(27)38(36,37)20-25-13-6-7-15-31-25/h3-13,15,18,21,26-27,29H,14,16-17,19-20H2,1-2H3. The van der Waals surface area contributed by atoms with E-state index in [1.165, 1.54) is 4.31 Å². The monoisotopic (exact) mass is 531 g/mol. The van der Waals surface area contributed by atoms with E-state index in [1.54, 1.807) is 29.3 Å². The third-order valence-electron chi connectivity index (χ3n) is 7.48. The van der Waals surface area contributed by atoms with Crippen LogP contribution in [0.15, 0.2) is 79.0 Å². The minimum Gasteiger partial charge on any atom is -0.330 e. The van der Waals surface area contributed by atoms with Gasteiger partial charge in [0.2, 0.25) is 15.9 Å². The van der Waals surface area contributed by atoms with E-state index in [0.717, 1.165) is 16.7 Å². The first-order chi connectivity index (χ1) is 18.2. The number of fused-ring (bicyclic) bond motifs is 1. The molecule has 0 N–H and O–H groups in total. The number of rotatable bonds is 8. The minimum atomic E-state index is -3.76. The van der Waals surface area contributed by atoms with Crippen LogP contribution in [0.2, 0.25) is 0 Å². The fourth-order valence-electron chi connectivity index (χ4n) is 5.75. The quantitative estimate of drug-likeness (QED) is 0.433. The second-order valence-electron chi connectivity index (χ2n) is 10.6. The molecule has 3 unspecified atom stereocenters. The Kier molecular flexibility index (Phi) is 7.45. The molecule has 1 aromatic heterocycles. The highest BCUT2D eigenvalue weighted by molar-refractivity contribution is 7.88. The zero-order valence-corrected chi connectivity index (χ0v) is 22.5. The molecule has 0 spiro atoms. The smallest absolute Gasteiger partial charge is 0.230 e. The molecule has 3 heterocycles. The fourth-order valence-corrected chi connectivity index (χ4v) is 7.42. The van der Waals surface area contributed by atoms with Gasteiger partial charge in [0.05, 0.1) is 24.2 Å². The number of benzene rings is 2. The molecule has 198 valence electrons. The molecule has 0 radical (unpaired) electrons. The third kappa shape index (κ3) is 5.28. The molecule has 2 aliphatic rings. The van der Waals surface area contributed by atoms with Crippen molar-refractivity contribution < 1.29 is 18.0 Å². The van der Waals surface area contributed by atoms with E-state index in [-0.39, 0.29) is 29.9 Å². The van der Waals surface area contributed by atoms with Gasteiger partial charge in [-0.25, -0.2) is 8.42 Å². The summed E-state index contributed by atoms with van der Waals surface area (Å²) in [6.45, 7) is 4.33. The van der Waals surface area contributed by atoms with Crippen molar-refractivity contribution in [1.29, 1.82) is 0 Å². The van der Waals surface area contributed by atoms with Crippen molar-refractivity contribution in [2.24, 2.45) is 5.92 Å². The summed E-state index contributed by atoms with van der Waals surface area (Å²) in [4.78, 5) is 33.0. The summed E-state index contributed by atoms with van der Waals surface area (Å²) in [6, 6.07) is 21.9. The molecule has 8 heteroatoms. The number of aromatic nitrogens is 1. The molecule has 2 saturated heterocycles. The van der Waals surface area contributed by atoms with Crippen LogP contribution in [-0.4, -0.2) is 59.5 Å². The summed E-state index contributed by atoms with van der Waals surface area (Å²) in [5.74, 6) is -0.734. The molecule has 1 amide bonds. The fraction of sp³-hybridized carbons (Fsp3) is 0.367. The van der Waals surface area contributed by atoms with E-state index in [4.69, 9.17) is 0 Å². The second kappa shape index (κ2) is 10.8. The number of ketones is 1. The molecule has 0 saturated carbocycles. The molecule has 2 aliphatic heterocycles. The van der Waals surface area contributed by atoms with Crippen molar-refractivity contribution in [2.75, 3.05) is 13.1 Å². The predicted octanol–water partition coefficient (Wildman–Crippen LogP) is 4.26. The summed E-state index contributed by atoms with van der Waals surface area (Å²) in [5, 5.41) is 0. The van der Waals surface area contributed by atoms with Crippen LogP contribution >= 0.6 is 0 Å². The molecule has 0 bridgehead atoms. The van der Waals surface area contributed by atoms with Gasteiger partial charge in [0.15, 0.2) is 5.78 Å². The van der Waals surface area contributed by atoms with Crippen molar-refractivity contribution in [3.05, 3.63) is 90.3 Å². The van der Waals surface area contributed by atoms with Gasteiger partial charge in [0.25, 0.3) is 0 Å². The van der Waals surface area contributed by atoms with Crippen molar-refractivity contribution >= 4 is 21.7 Å². The van der Waals surface area contributed by atoms with Crippen LogP contribution < -0.4 is 0 Å². The van der Waals surface area contributed by atoms with Crippen LogP contribution in [0, 0.1) is 5.92 Å².